The van der Waals surface area contributed by atoms with Crippen molar-refractivity contribution in [1.82, 2.24) is 15.3 Å². The molecule has 2 rings (SSSR count). The summed E-state index contributed by atoms with van der Waals surface area (Å²) >= 11 is 0. The zero-order valence-electron chi connectivity index (χ0n) is 13.0. The van der Waals surface area contributed by atoms with Gasteiger partial charge in [-0.3, -0.25) is 9.97 Å². The van der Waals surface area contributed by atoms with Crippen LogP contribution in [0.3, 0.4) is 0 Å². The summed E-state index contributed by atoms with van der Waals surface area (Å²) in [4.78, 5) is 9.12. The van der Waals surface area contributed by atoms with E-state index in [2.05, 4.69) is 35.2 Å². The van der Waals surface area contributed by atoms with Gasteiger partial charge in [-0.1, -0.05) is 19.9 Å². The molecule has 2 heterocycles. The number of rotatable bonds is 7. The Hall–Kier alpha value is -1.94. The largest absolute Gasteiger partial charge is 0.495 e. The highest BCUT2D eigenvalue weighted by Gasteiger charge is 2.22. The van der Waals surface area contributed by atoms with Crippen LogP contribution in [0.25, 0.3) is 0 Å². The summed E-state index contributed by atoms with van der Waals surface area (Å²) in [6, 6.07) is 7.89. The fourth-order valence-corrected chi connectivity index (χ4v) is 2.41. The molecule has 1 atom stereocenters. The van der Waals surface area contributed by atoms with E-state index in [1.807, 2.05) is 24.4 Å². The lowest BCUT2D eigenvalue weighted by atomic mass is 10.0. The summed E-state index contributed by atoms with van der Waals surface area (Å²) < 4.78 is 5.47. The van der Waals surface area contributed by atoms with Crippen molar-refractivity contribution in [3.05, 3.63) is 53.6 Å². The Morgan fingerprint density at radius 3 is 2.48 bits per heavy atom. The third-order valence-electron chi connectivity index (χ3n) is 3.47. The number of ether oxygens (including phenoxy) is 1. The van der Waals surface area contributed by atoms with Crippen molar-refractivity contribution in [2.45, 2.75) is 32.7 Å². The number of nitrogens with one attached hydrogen (secondary N) is 1. The maximum atomic E-state index is 5.47. The van der Waals surface area contributed by atoms with E-state index in [1.54, 1.807) is 13.3 Å². The highest BCUT2D eigenvalue weighted by molar-refractivity contribution is 5.37. The molecular weight excluding hydrogens is 262 g/mol. The molecule has 21 heavy (non-hydrogen) atoms. The van der Waals surface area contributed by atoms with Crippen molar-refractivity contribution in [3.63, 3.8) is 0 Å². The van der Waals surface area contributed by atoms with Gasteiger partial charge in [-0.05, 0) is 43.1 Å². The SMILES string of the molecule is CCCNC(c1ncccc1CC)c1ncccc1OC. The molecule has 0 aromatic carbocycles. The molecule has 112 valence electrons. The molecule has 0 radical (unpaired) electrons. The summed E-state index contributed by atoms with van der Waals surface area (Å²) in [5.41, 5.74) is 3.16. The van der Waals surface area contributed by atoms with Crippen LogP contribution in [-0.2, 0) is 6.42 Å². The lowest BCUT2D eigenvalue weighted by Gasteiger charge is -2.21. The highest BCUT2D eigenvalue weighted by Crippen LogP contribution is 2.28. The van der Waals surface area contributed by atoms with Crippen LogP contribution < -0.4 is 10.1 Å². The maximum Gasteiger partial charge on any atom is 0.142 e. The Labute approximate surface area is 126 Å². The van der Waals surface area contributed by atoms with E-state index in [1.165, 1.54) is 5.56 Å². The van der Waals surface area contributed by atoms with Crippen LogP contribution >= 0.6 is 0 Å². The van der Waals surface area contributed by atoms with Crippen LogP contribution in [0.15, 0.2) is 36.7 Å². The predicted octanol–water partition coefficient (Wildman–Crippen LogP) is 3.14. The molecule has 2 aromatic heterocycles. The fourth-order valence-electron chi connectivity index (χ4n) is 2.41. The van der Waals surface area contributed by atoms with Crippen molar-refractivity contribution < 1.29 is 4.74 Å². The standard InChI is InChI=1S/C17H23N3O/c1-4-10-18-17(15-13(5-2)8-6-11-19-15)16-14(21-3)9-7-12-20-16/h6-9,11-12,17-18H,4-5,10H2,1-3H3. The second kappa shape index (κ2) is 7.74. The highest BCUT2D eigenvalue weighted by atomic mass is 16.5. The molecule has 0 bridgehead atoms. The van der Waals surface area contributed by atoms with E-state index >= 15 is 0 Å². The molecule has 0 fully saturated rings. The second-order valence-electron chi connectivity index (χ2n) is 4.88. The Morgan fingerprint density at radius 2 is 1.81 bits per heavy atom. The van der Waals surface area contributed by atoms with Crippen molar-refractivity contribution in [2.75, 3.05) is 13.7 Å². The Kier molecular flexibility index (Phi) is 5.69. The summed E-state index contributed by atoms with van der Waals surface area (Å²) in [6.45, 7) is 5.20. The van der Waals surface area contributed by atoms with Gasteiger partial charge >= 0.3 is 0 Å². The van der Waals surface area contributed by atoms with E-state index in [4.69, 9.17) is 4.74 Å². The molecule has 0 amide bonds. The lowest BCUT2D eigenvalue weighted by Crippen LogP contribution is -2.26. The van der Waals surface area contributed by atoms with E-state index in [9.17, 15) is 0 Å². The molecule has 0 aliphatic heterocycles. The minimum Gasteiger partial charge on any atom is -0.495 e. The normalized spacial score (nSPS) is 12.1. The molecule has 0 aliphatic rings. The van der Waals surface area contributed by atoms with Crippen molar-refractivity contribution in [2.24, 2.45) is 0 Å². The molecule has 4 heteroatoms. The molecule has 0 aliphatic carbocycles. The van der Waals surface area contributed by atoms with Gasteiger partial charge in [0.15, 0.2) is 0 Å². The van der Waals surface area contributed by atoms with Gasteiger partial charge in [0.2, 0.25) is 0 Å². The first-order valence-electron chi connectivity index (χ1n) is 7.47. The number of hydrogen-bond acceptors (Lipinski definition) is 4. The van der Waals surface area contributed by atoms with Crippen LogP contribution in [0.5, 0.6) is 5.75 Å². The van der Waals surface area contributed by atoms with Crippen LogP contribution in [0.2, 0.25) is 0 Å². The average Bonchev–Trinajstić information content (AvgIpc) is 2.56. The smallest absolute Gasteiger partial charge is 0.142 e. The molecule has 4 nitrogen and oxygen atoms in total. The van der Waals surface area contributed by atoms with Crippen molar-refractivity contribution >= 4 is 0 Å². The van der Waals surface area contributed by atoms with Gasteiger partial charge < -0.3 is 10.1 Å². The van der Waals surface area contributed by atoms with E-state index in [0.717, 1.165) is 36.5 Å². The zero-order valence-corrected chi connectivity index (χ0v) is 13.0. The number of methoxy groups -OCH3 is 1. The van der Waals surface area contributed by atoms with Crippen LogP contribution in [0.1, 0.15) is 43.3 Å². The molecule has 0 saturated carbocycles. The Bertz CT molecular complexity index is 524. The molecular formula is C17H23N3O. The van der Waals surface area contributed by atoms with E-state index in [-0.39, 0.29) is 6.04 Å². The molecule has 1 N–H and O–H groups in total. The maximum absolute atomic E-state index is 5.47. The minimum atomic E-state index is -0.0442. The summed E-state index contributed by atoms with van der Waals surface area (Å²) in [7, 11) is 1.68. The average molecular weight is 285 g/mol. The van der Waals surface area contributed by atoms with E-state index in [0.29, 0.717) is 0 Å². The minimum absolute atomic E-state index is 0.0442. The molecule has 1 unspecified atom stereocenters. The number of pyridine rings is 2. The van der Waals surface area contributed by atoms with Gasteiger partial charge in [-0.15, -0.1) is 0 Å². The Morgan fingerprint density at radius 1 is 1.10 bits per heavy atom. The summed E-state index contributed by atoms with van der Waals surface area (Å²) in [5, 5.41) is 3.55. The van der Waals surface area contributed by atoms with Gasteiger partial charge in [0.1, 0.15) is 11.4 Å². The van der Waals surface area contributed by atoms with Crippen molar-refractivity contribution in [3.8, 4) is 5.75 Å². The van der Waals surface area contributed by atoms with Gasteiger partial charge in [-0.2, -0.15) is 0 Å². The van der Waals surface area contributed by atoms with Gasteiger partial charge in [-0.25, -0.2) is 0 Å². The van der Waals surface area contributed by atoms with Gasteiger partial charge in [0.05, 0.1) is 18.8 Å². The summed E-state index contributed by atoms with van der Waals surface area (Å²) in [6.07, 6.45) is 5.64. The van der Waals surface area contributed by atoms with Crippen LogP contribution in [-0.4, -0.2) is 23.6 Å². The third kappa shape index (κ3) is 3.58. The van der Waals surface area contributed by atoms with E-state index < -0.39 is 0 Å². The van der Waals surface area contributed by atoms with Crippen LogP contribution in [0, 0.1) is 0 Å². The predicted molar refractivity (Wildman–Crippen MR) is 84.5 cm³/mol. The fraction of sp³-hybridized carbons (Fsp3) is 0.412. The quantitative estimate of drug-likeness (QED) is 0.849. The second-order valence-corrected chi connectivity index (χ2v) is 4.88. The zero-order chi connectivity index (χ0) is 15.1. The van der Waals surface area contributed by atoms with Crippen LogP contribution in [0.4, 0.5) is 0 Å². The van der Waals surface area contributed by atoms with Crippen molar-refractivity contribution in [1.29, 1.82) is 0 Å². The number of nitrogens with zero attached hydrogens (tertiary/aromatic N) is 2. The first kappa shape index (κ1) is 15.4. The Balaban J connectivity index is 2.47. The third-order valence-corrected chi connectivity index (χ3v) is 3.47. The van der Waals surface area contributed by atoms with Gasteiger partial charge in [0.25, 0.3) is 0 Å². The molecule has 0 saturated heterocycles. The summed E-state index contributed by atoms with van der Waals surface area (Å²) in [5.74, 6) is 0.791. The number of hydrogen-bond donors (Lipinski definition) is 1. The lowest BCUT2D eigenvalue weighted by molar-refractivity contribution is 0.399. The number of aryl methyl sites for hydroxylation is 1. The molecule has 2 aromatic rings. The topological polar surface area (TPSA) is 47.0 Å². The van der Waals surface area contributed by atoms with Gasteiger partial charge in [0, 0.05) is 12.4 Å². The first-order chi connectivity index (χ1) is 10.3. The first-order valence-corrected chi connectivity index (χ1v) is 7.47. The number of aromatic nitrogens is 2. The monoisotopic (exact) mass is 285 g/mol. The molecule has 0 spiro atoms.